The van der Waals surface area contributed by atoms with Gasteiger partial charge in [-0.3, -0.25) is 9.59 Å². The highest BCUT2D eigenvalue weighted by Crippen LogP contribution is 2.30. The van der Waals surface area contributed by atoms with Gasteiger partial charge in [-0.2, -0.15) is 0 Å². The molecular weight excluding hydrogens is 360 g/mol. The molecule has 0 spiro atoms. The van der Waals surface area contributed by atoms with Gasteiger partial charge in [0, 0.05) is 35.6 Å². The van der Waals surface area contributed by atoms with Gasteiger partial charge in [-0.25, -0.2) is 0 Å². The Morgan fingerprint density at radius 2 is 1.17 bits per heavy atom. The molecule has 2 aliphatic rings. The third-order valence-electron chi connectivity index (χ3n) is 5.84. The largest absolute Gasteiger partial charge is 0.308 e. The number of amides is 2. The summed E-state index contributed by atoms with van der Waals surface area (Å²) in [6.45, 7) is 1.38. The maximum atomic E-state index is 13.3. The van der Waals surface area contributed by atoms with Crippen LogP contribution in [0.15, 0.2) is 72.8 Å². The fourth-order valence-corrected chi connectivity index (χ4v) is 4.39. The molecule has 0 aromatic heterocycles. The van der Waals surface area contributed by atoms with E-state index in [1.807, 2.05) is 46.2 Å². The van der Waals surface area contributed by atoms with E-state index in [-0.39, 0.29) is 11.8 Å². The molecule has 29 heavy (non-hydrogen) atoms. The molecule has 4 nitrogen and oxygen atoms in total. The number of benzene rings is 3. The molecule has 0 fully saturated rings. The van der Waals surface area contributed by atoms with Gasteiger partial charge in [0.1, 0.15) is 0 Å². The lowest BCUT2D eigenvalue weighted by molar-refractivity contribution is 0.0985. The van der Waals surface area contributed by atoms with E-state index in [4.69, 9.17) is 0 Å². The molecule has 2 amide bonds. The predicted molar refractivity (Wildman–Crippen MR) is 115 cm³/mol. The van der Waals surface area contributed by atoms with Crippen LogP contribution in [-0.2, 0) is 12.8 Å². The molecule has 2 heterocycles. The van der Waals surface area contributed by atoms with Crippen LogP contribution in [-0.4, -0.2) is 24.9 Å². The van der Waals surface area contributed by atoms with Gasteiger partial charge in [-0.1, -0.05) is 42.5 Å². The lowest BCUT2D eigenvalue weighted by Crippen LogP contribution is -2.35. The first kappa shape index (κ1) is 17.7. The lowest BCUT2D eigenvalue weighted by atomic mass is 10.0. The maximum Gasteiger partial charge on any atom is 0.258 e. The number of anilines is 2. The quantitative estimate of drug-likeness (QED) is 0.656. The fraction of sp³-hybridized carbons (Fsp3) is 0.200. The van der Waals surface area contributed by atoms with Crippen molar-refractivity contribution in [3.8, 4) is 0 Å². The number of hydrogen-bond donors (Lipinski definition) is 0. The first-order chi connectivity index (χ1) is 14.2. The molecule has 0 unspecified atom stereocenters. The van der Waals surface area contributed by atoms with E-state index in [0.717, 1.165) is 30.6 Å². The van der Waals surface area contributed by atoms with Crippen molar-refractivity contribution in [2.75, 3.05) is 22.9 Å². The molecule has 0 saturated heterocycles. The molecule has 0 N–H and O–H groups in total. The Kier molecular flexibility index (Phi) is 4.39. The molecule has 144 valence electrons. The smallest absolute Gasteiger partial charge is 0.258 e. The second-order valence-corrected chi connectivity index (χ2v) is 7.61. The minimum absolute atomic E-state index is 0.0476. The van der Waals surface area contributed by atoms with Gasteiger partial charge in [0.05, 0.1) is 0 Å². The minimum atomic E-state index is -0.0522. The summed E-state index contributed by atoms with van der Waals surface area (Å²) in [5.41, 5.74) is 5.46. The highest BCUT2D eigenvalue weighted by molar-refractivity contribution is 6.11. The van der Waals surface area contributed by atoms with E-state index in [0.29, 0.717) is 24.2 Å². The molecule has 4 heteroatoms. The molecule has 3 aromatic rings. The van der Waals surface area contributed by atoms with Crippen molar-refractivity contribution < 1.29 is 9.59 Å². The van der Waals surface area contributed by atoms with Crippen molar-refractivity contribution in [1.29, 1.82) is 0 Å². The molecule has 0 saturated carbocycles. The molecule has 5 rings (SSSR count). The Bertz CT molecular complexity index is 1110. The zero-order valence-corrected chi connectivity index (χ0v) is 16.2. The number of carbonyl (C=O) groups is 2. The van der Waals surface area contributed by atoms with Gasteiger partial charge in [0.25, 0.3) is 11.8 Å². The highest BCUT2D eigenvalue weighted by atomic mass is 16.2. The fourth-order valence-electron chi connectivity index (χ4n) is 4.39. The average Bonchev–Trinajstić information content (AvgIpc) is 3.22. The first-order valence-electron chi connectivity index (χ1n) is 10.1. The summed E-state index contributed by atoms with van der Waals surface area (Å²) in [6, 6.07) is 23.2. The normalized spacial score (nSPS) is 15.0. The van der Waals surface area contributed by atoms with E-state index in [1.54, 1.807) is 24.3 Å². The van der Waals surface area contributed by atoms with Gasteiger partial charge in [-0.05, 0) is 60.7 Å². The predicted octanol–water partition coefficient (Wildman–Crippen LogP) is 4.48. The minimum Gasteiger partial charge on any atom is -0.308 e. The van der Waals surface area contributed by atoms with Gasteiger partial charge in [-0.15, -0.1) is 0 Å². The zero-order valence-electron chi connectivity index (χ0n) is 16.2. The molecule has 0 atom stereocenters. The third kappa shape index (κ3) is 3.11. The molecule has 3 aromatic carbocycles. The monoisotopic (exact) mass is 382 g/mol. The maximum absolute atomic E-state index is 13.3. The van der Waals surface area contributed by atoms with Crippen molar-refractivity contribution >= 4 is 23.2 Å². The van der Waals surface area contributed by atoms with Crippen LogP contribution in [0.3, 0.4) is 0 Å². The van der Waals surface area contributed by atoms with Crippen molar-refractivity contribution in [2.45, 2.75) is 19.3 Å². The van der Waals surface area contributed by atoms with Crippen LogP contribution < -0.4 is 9.80 Å². The van der Waals surface area contributed by atoms with Gasteiger partial charge < -0.3 is 9.80 Å². The van der Waals surface area contributed by atoms with Crippen molar-refractivity contribution in [2.24, 2.45) is 0 Å². The van der Waals surface area contributed by atoms with Crippen molar-refractivity contribution in [1.82, 2.24) is 0 Å². The van der Waals surface area contributed by atoms with Crippen LogP contribution in [0.4, 0.5) is 11.4 Å². The van der Waals surface area contributed by atoms with Crippen LogP contribution in [0.1, 0.15) is 38.3 Å². The van der Waals surface area contributed by atoms with Crippen LogP contribution in [0, 0.1) is 0 Å². The van der Waals surface area contributed by atoms with Crippen molar-refractivity contribution in [3.05, 3.63) is 95.1 Å². The molecule has 0 bridgehead atoms. The molecular formula is C25H22N2O2. The van der Waals surface area contributed by atoms with E-state index in [2.05, 4.69) is 12.1 Å². The van der Waals surface area contributed by atoms with E-state index >= 15 is 0 Å². The van der Waals surface area contributed by atoms with Gasteiger partial charge in [0.15, 0.2) is 0 Å². The Balaban J connectivity index is 1.44. The third-order valence-corrected chi connectivity index (χ3v) is 5.84. The second-order valence-electron chi connectivity index (χ2n) is 7.61. The Morgan fingerprint density at radius 3 is 1.83 bits per heavy atom. The summed E-state index contributed by atoms with van der Waals surface area (Å²) in [5, 5.41) is 0. The number of hydrogen-bond acceptors (Lipinski definition) is 2. The van der Waals surface area contributed by atoms with Gasteiger partial charge in [0.2, 0.25) is 0 Å². The lowest BCUT2D eigenvalue weighted by Gasteiger charge is -2.29. The molecule has 0 radical (unpaired) electrons. The molecule has 2 aliphatic heterocycles. The number of rotatable bonds is 2. The zero-order chi connectivity index (χ0) is 19.8. The van der Waals surface area contributed by atoms with Crippen LogP contribution in [0.2, 0.25) is 0 Å². The topological polar surface area (TPSA) is 40.6 Å². The Morgan fingerprint density at radius 1 is 0.621 bits per heavy atom. The number of aryl methyl sites for hydroxylation is 1. The average molecular weight is 382 g/mol. The summed E-state index contributed by atoms with van der Waals surface area (Å²) in [4.78, 5) is 30.1. The summed E-state index contributed by atoms with van der Waals surface area (Å²) < 4.78 is 0. The summed E-state index contributed by atoms with van der Waals surface area (Å²) >= 11 is 0. The Hall–Kier alpha value is -3.40. The number of carbonyl (C=O) groups excluding carboxylic acids is 2. The van der Waals surface area contributed by atoms with Crippen LogP contribution >= 0.6 is 0 Å². The summed E-state index contributed by atoms with van der Waals surface area (Å²) in [6.07, 6.45) is 2.81. The SMILES string of the molecule is O=C(c1cccc(C(=O)N2CCc3ccccc32)c1)N1CCCc2ccccc21. The second kappa shape index (κ2) is 7.21. The Labute approximate surface area is 170 Å². The number of nitrogens with zero attached hydrogens (tertiary/aromatic N) is 2. The van der Waals surface area contributed by atoms with Crippen LogP contribution in [0.25, 0.3) is 0 Å². The highest BCUT2D eigenvalue weighted by Gasteiger charge is 2.27. The van der Waals surface area contributed by atoms with E-state index in [9.17, 15) is 9.59 Å². The van der Waals surface area contributed by atoms with Crippen LogP contribution in [0.5, 0.6) is 0 Å². The summed E-state index contributed by atoms with van der Waals surface area (Å²) in [7, 11) is 0. The van der Waals surface area contributed by atoms with Gasteiger partial charge >= 0.3 is 0 Å². The summed E-state index contributed by atoms with van der Waals surface area (Å²) in [5.74, 6) is -0.0998. The van der Waals surface area contributed by atoms with E-state index < -0.39 is 0 Å². The van der Waals surface area contributed by atoms with Crippen molar-refractivity contribution in [3.63, 3.8) is 0 Å². The molecule has 0 aliphatic carbocycles. The first-order valence-corrected chi connectivity index (χ1v) is 10.1. The standard InChI is InChI=1S/C25H22N2O2/c28-24(26-15-6-11-18-7-1-3-12-22(18)26)20-9-5-10-21(17-20)25(29)27-16-14-19-8-2-4-13-23(19)27/h1-5,7-10,12-13,17H,6,11,14-16H2. The number of para-hydroxylation sites is 2. The van der Waals surface area contributed by atoms with E-state index in [1.165, 1.54) is 11.1 Å². The number of fused-ring (bicyclic) bond motifs is 2.